The summed E-state index contributed by atoms with van der Waals surface area (Å²) in [7, 11) is 0.331. The van der Waals surface area contributed by atoms with Gasteiger partial charge in [0.1, 0.15) is 11.8 Å². The van der Waals surface area contributed by atoms with Crippen molar-refractivity contribution in [2.45, 2.75) is 12.5 Å². The molecule has 2 N–H and O–H groups in total. The van der Waals surface area contributed by atoms with Gasteiger partial charge in [0.25, 0.3) is 5.91 Å². The first-order chi connectivity index (χ1) is 5.59. The van der Waals surface area contributed by atoms with Gasteiger partial charge in [-0.3, -0.25) is 10.1 Å². The molecule has 0 saturated carbocycles. The Labute approximate surface area is 74.4 Å². The third kappa shape index (κ3) is 2.41. The molecule has 0 aromatic rings. The SMILES string of the molecule is C[S+](C)CCC1NC(=O)NC1=O. The minimum Gasteiger partial charge on any atom is -0.326 e. The van der Waals surface area contributed by atoms with E-state index in [9.17, 15) is 9.59 Å². The predicted molar refractivity (Wildman–Crippen MR) is 49.2 cm³/mol. The first kappa shape index (κ1) is 9.38. The number of urea groups is 1. The zero-order valence-electron chi connectivity index (χ0n) is 7.22. The third-order valence-electron chi connectivity index (χ3n) is 1.67. The maximum atomic E-state index is 11.0. The summed E-state index contributed by atoms with van der Waals surface area (Å²) in [5.74, 6) is 0.795. The largest absolute Gasteiger partial charge is 0.326 e. The van der Waals surface area contributed by atoms with Crippen molar-refractivity contribution in [3.63, 3.8) is 0 Å². The molecule has 1 aliphatic heterocycles. The van der Waals surface area contributed by atoms with Gasteiger partial charge in [-0.05, 0) is 10.9 Å². The summed E-state index contributed by atoms with van der Waals surface area (Å²) in [6, 6.07) is -0.663. The fraction of sp³-hybridized carbons (Fsp3) is 0.714. The Bertz CT molecular complexity index is 206. The number of carbonyl (C=O) groups excluding carboxylic acids is 2. The van der Waals surface area contributed by atoms with Crippen molar-refractivity contribution in [2.24, 2.45) is 0 Å². The summed E-state index contributed by atoms with van der Waals surface area (Å²) in [5, 5.41) is 4.77. The van der Waals surface area contributed by atoms with Crippen molar-refractivity contribution in [1.29, 1.82) is 0 Å². The third-order valence-corrected chi connectivity index (χ3v) is 2.73. The van der Waals surface area contributed by atoms with Gasteiger partial charge < -0.3 is 5.32 Å². The van der Waals surface area contributed by atoms with Crippen LogP contribution in [0.25, 0.3) is 0 Å². The normalized spacial score (nSPS) is 22.8. The topological polar surface area (TPSA) is 58.2 Å². The van der Waals surface area contributed by atoms with Gasteiger partial charge in [-0.25, -0.2) is 4.79 Å². The minimum atomic E-state index is -0.364. The second-order valence-corrected chi connectivity index (χ2v) is 5.37. The zero-order valence-corrected chi connectivity index (χ0v) is 8.03. The van der Waals surface area contributed by atoms with Crippen LogP contribution in [0.1, 0.15) is 6.42 Å². The molecule has 68 valence electrons. The van der Waals surface area contributed by atoms with Crippen molar-refractivity contribution in [3.05, 3.63) is 0 Å². The molecule has 4 nitrogen and oxygen atoms in total. The quantitative estimate of drug-likeness (QED) is 0.463. The monoisotopic (exact) mass is 189 g/mol. The van der Waals surface area contributed by atoms with Crippen LogP contribution in [0.5, 0.6) is 0 Å². The van der Waals surface area contributed by atoms with Gasteiger partial charge in [0.2, 0.25) is 0 Å². The second-order valence-electron chi connectivity index (χ2n) is 2.99. The van der Waals surface area contributed by atoms with Gasteiger partial charge in [-0.2, -0.15) is 0 Å². The van der Waals surface area contributed by atoms with Crippen molar-refractivity contribution < 1.29 is 9.59 Å². The zero-order chi connectivity index (χ0) is 9.14. The number of hydrogen-bond donors (Lipinski definition) is 2. The molecule has 1 unspecified atom stereocenters. The van der Waals surface area contributed by atoms with E-state index >= 15 is 0 Å². The number of imide groups is 1. The van der Waals surface area contributed by atoms with Crippen LogP contribution in [0, 0.1) is 0 Å². The number of carbonyl (C=O) groups is 2. The molecule has 1 rings (SSSR count). The minimum absolute atomic E-state index is 0.189. The van der Waals surface area contributed by atoms with Crippen LogP contribution in [0.3, 0.4) is 0 Å². The van der Waals surface area contributed by atoms with Crippen molar-refractivity contribution >= 4 is 22.8 Å². The summed E-state index contributed by atoms with van der Waals surface area (Å²) in [6.45, 7) is 0. The van der Waals surface area contributed by atoms with Gasteiger partial charge >= 0.3 is 6.03 Å². The van der Waals surface area contributed by atoms with E-state index in [1.165, 1.54) is 0 Å². The molecule has 12 heavy (non-hydrogen) atoms. The van der Waals surface area contributed by atoms with Crippen molar-refractivity contribution in [2.75, 3.05) is 18.3 Å². The molecular formula is C7H13N2O2S+. The standard InChI is InChI=1S/C7H12N2O2S/c1-12(2)4-3-5-6(10)9-7(11)8-5/h5H,3-4H2,1-2H3,(H-,8,9,10,11)/p+1. The highest BCUT2D eigenvalue weighted by atomic mass is 32.2. The average molecular weight is 189 g/mol. The van der Waals surface area contributed by atoms with Crippen molar-refractivity contribution in [3.8, 4) is 0 Å². The molecular weight excluding hydrogens is 176 g/mol. The Morgan fingerprint density at radius 3 is 2.50 bits per heavy atom. The molecule has 1 fully saturated rings. The number of amides is 3. The Morgan fingerprint density at radius 1 is 1.42 bits per heavy atom. The van der Waals surface area contributed by atoms with E-state index in [0.717, 1.165) is 12.2 Å². The number of rotatable bonds is 3. The van der Waals surface area contributed by atoms with Gasteiger partial charge in [0.15, 0.2) is 0 Å². The molecule has 0 bridgehead atoms. The van der Waals surface area contributed by atoms with E-state index in [0.29, 0.717) is 10.9 Å². The van der Waals surface area contributed by atoms with Crippen LogP contribution < -0.4 is 10.6 Å². The molecule has 3 amide bonds. The molecule has 1 heterocycles. The van der Waals surface area contributed by atoms with E-state index < -0.39 is 0 Å². The maximum Gasteiger partial charge on any atom is 0.322 e. The molecule has 0 aromatic carbocycles. The van der Waals surface area contributed by atoms with E-state index in [4.69, 9.17) is 0 Å². The lowest BCUT2D eigenvalue weighted by Crippen LogP contribution is -2.30. The number of nitrogens with one attached hydrogen (secondary N) is 2. The molecule has 0 aliphatic carbocycles. The molecule has 1 aliphatic rings. The van der Waals surface area contributed by atoms with Crippen LogP contribution in [0.4, 0.5) is 4.79 Å². The average Bonchev–Trinajstić information content (AvgIpc) is 2.26. The Morgan fingerprint density at radius 2 is 2.08 bits per heavy atom. The van der Waals surface area contributed by atoms with Gasteiger partial charge in [0, 0.05) is 6.42 Å². The molecule has 1 atom stereocenters. The van der Waals surface area contributed by atoms with Crippen LogP contribution in [-0.2, 0) is 15.7 Å². The predicted octanol–water partition coefficient (Wildman–Crippen LogP) is -0.538. The lowest BCUT2D eigenvalue weighted by molar-refractivity contribution is -0.120. The van der Waals surface area contributed by atoms with Crippen LogP contribution in [-0.4, -0.2) is 36.2 Å². The van der Waals surface area contributed by atoms with Crippen LogP contribution in [0.15, 0.2) is 0 Å². The second kappa shape index (κ2) is 3.80. The highest BCUT2D eigenvalue weighted by molar-refractivity contribution is 7.95. The van der Waals surface area contributed by atoms with Gasteiger partial charge in [0.05, 0.1) is 12.5 Å². The van der Waals surface area contributed by atoms with Gasteiger partial charge in [-0.15, -0.1) is 0 Å². The lowest BCUT2D eigenvalue weighted by atomic mass is 10.2. The van der Waals surface area contributed by atoms with E-state index in [1.54, 1.807) is 0 Å². The first-order valence-corrected chi connectivity index (χ1v) is 5.96. The Hall–Kier alpha value is -0.710. The molecule has 5 heteroatoms. The summed E-state index contributed by atoms with van der Waals surface area (Å²) >= 11 is 0. The fourth-order valence-electron chi connectivity index (χ4n) is 1.02. The highest BCUT2D eigenvalue weighted by Crippen LogP contribution is 2.01. The first-order valence-electron chi connectivity index (χ1n) is 3.75. The summed E-state index contributed by atoms with van der Waals surface area (Å²) in [4.78, 5) is 21.7. The molecule has 0 spiro atoms. The maximum absolute atomic E-state index is 11.0. The Kier molecular flexibility index (Phi) is 2.97. The summed E-state index contributed by atoms with van der Waals surface area (Å²) in [5.41, 5.74) is 0. The van der Waals surface area contributed by atoms with Crippen molar-refractivity contribution in [1.82, 2.24) is 10.6 Å². The van der Waals surface area contributed by atoms with E-state index in [1.807, 2.05) is 0 Å². The van der Waals surface area contributed by atoms with Gasteiger partial charge in [-0.1, -0.05) is 0 Å². The molecule has 1 saturated heterocycles. The molecule has 0 radical (unpaired) electrons. The Balaban J connectivity index is 2.33. The van der Waals surface area contributed by atoms with Crippen LogP contribution >= 0.6 is 0 Å². The van der Waals surface area contributed by atoms with Crippen LogP contribution in [0.2, 0.25) is 0 Å². The number of hydrogen-bond acceptors (Lipinski definition) is 2. The van der Waals surface area contributed by atoms with E-state index in [2.05, 4.69) is 23.1 Å². The smallest absolute Gasteiger partial charge is 0.322 e. The molecule has 0 aromatic heterocycles. The summed E-state index contributed by atoms with van der Waals surface area (Å²) in [6.07, 6.45) is 4.98. The fourth-order valence-corrected chi connectivity index (χ4v) is 1.72. The summed E-state index contributed by atoms with van der Waals surface area (Å²) < 4.78 is 0. The highest BCUT2D eigenvalue weighted by Gasteiger charge is 2.30. The van der Waals surface area contributed by atoms with E-state index in [-0.39, 0.29) is 18.0 Å². The lowest BCUT2D eigenvalue weighted by Gasteiger charge is -2.03.